The van der Waals surface area contributed by atoms with Gasteiger partial charge in [-0.25, -0.2) is 4.98 Å². The molecule has 0 atom stereocenters. The first-order valence-corrected chi connectivity index (χ1v) is 6.60. The molecular weight excluding hydrogens is 242 g/mol. The van der Waals surface area contributed by atoms with Crippen LogP contribution in [0, 0.1) is 0 Å². The molecule has 2 aromatic rings. The van der Waals surface area contributed by atoms with Crippen LogP contribution in [0.5, 0.6) is 0 Å². The van der Waals surface area contributed by atoms with E-state index in [4.69, 9.17) is 0 Å². The molecule has 2 N–H and O–H groups in total. The molecule has 100 valence electrons. The Hall–Kier alpha value is -1.88. The number of aromatic nitrogens is 2. The van der Waals surface area contributed by atoms with E-state index in [1.54, 1.807) is 6.20 Å². The van der Waals surface area contributed by atoms with Crippen LogP contribution in [0.15, 0.2) is 30.6 Å². The van der Waals surface area contributed by atoms with E-state index >= 15 is 0 Å². The largest absolute Gasteiger partial charge is 0.394 e. The van der Waals surface area contributed by atoms with Gasteiger partial charge in [0.25, 0.3) is 5.91 Å². The smallest absolute Gasteiger partial charge is 0.272 e. The predicted molar refractivity (Wildman–Crippen MR) is 70.9 cm³/mol. The van der Waals surface area contributed by atoms with E-state index in [-0.39, 0.29) is 12.5 Å². The maximum atomic E-state index is 12.2. The Labute approximate surface area is 111 Å². The summed E-state index contributed by atoms with van der Waals surface area (Å²) in [6.07, 6.45) is 7.34. The average Bonchev–Trinajstić information content (AvgIpc) is 3.05. The fourth-order valence-corrected chi connectivity index (χ4v) is 2.72. The molecule has 0 aliphatic heterocycles. The molecule has 5 nitrogen and oxygen atoms in total. The van der Waals surface area contributed by atoms with Crippen LogP contribution < -0.4 is 5.32 Å². The highest BCUT2D eigenvalue weighted by molar-refractivity contribution is 5.93. The van der Waals surface area contributed by atoms with Gasteiger partial charge in [-0.2, -0.15) is 0 Å². The average molecular weight is 259 g/mol. The number of nitrogens with one attached hydrogen (secondary N) is 1. The number of hydrogen-bond acceptors (Lipinski definition) is 3. The minimum absolute atomic E-state index is 0.00783. The molecule has 1 fully saturated rings. The number of carbonyl (C=O) groups is 1. The van der Waals surface area contributed by atoms with Crippen molar-refractivity contribution in [1.29, 1.82) is 0 Å². The summed E-state index contributed by atoms with van der Waals surface area (Å²) in [6.45, 7) is -0.00783. The van der Waals surface area contributed by atoms with Crippen molar-refractivity contribution in [3.63, 3.8) is 0 Å². The van der Waals surface area contributed by atoms with Crippen LogP contribution >= 0.6 is 0 Å². The van der Waals surface area contributed by atoms with Crippen molar-refractivity contribution in [2.45, 2.75) is 31.2 Å². The number of pyridine rings is 1. The van der Waals surface area contributed by atoms with Crippen molar-refractivity contribution in [2.24, 2.45) is 0 Å². The highest BCUT2D eigenvalue weighted by atomic mass is 16.3. The number of imidazole rings is 1. The Kier molecular flexibility index (Phi) is 2.98. The van der Waals surface area contributed by atoms with Gasteiger partial charge < -0.3 is 14.8 Å². The van der Waals surface area contributed by atoms with Crippen molar-refractivity contribution >= 4 is 11.6 Å². The lowest BCUT2D eigenvalue weighted by Crippen LogP contribution is -2.49. The number of hydrogen-bond donors (Lipinski definition) is 2. The molecule has 19 heavy (non-hydrogen) atoms. The third kappa shape index (κ3) is 2.21. The van der Waals surface area contributed by atoms with Crippen LogP contribution in [0.4, 0.5) is 0 Å². The molecule has 0 spiro atoms. The highest BCUT2D eigenvalue weighted by Gasteiger charge is 2.35. The van der Waals surface area contributed by atoms with Gasteiger partial charge in [0.2, 0.25) is 0 Å². The zero-order valence-corrected chi connectivity index (χ0v) is 10.7. The number of rotatable bonds is 3. The first kappa shape index (κ1) is 12.2. The Bertz CT molecular complexity index is 567. The summed E-state index contributed by atoms with van der Waals surface area (Å²) in [5.41, 5.74) is 0.690. The van der Waals surface area contributed by atoms with E-state index in [9.17, 15) is 9.90 Å². The highest BCUT2D eigenvalue weighted by Crippen LogP contribution is 2.29. The summed E-state index contributed by atoms with van der Waals surface area (Å²) in [4.78, 5) is 16.5. The van der Waals surface area contributed by atoms with Crippen molar-refractivity contribution in [2.75, 3.05) is 6.61 Å². The Morgan fingerprint density at radius 1 is 1.42 bits per heavy atom. The number of carbonyl (C=O) groups excluding carboxylic acids is 1. The van der Waals surface area contributed by atoms with Gasteiger partial charge in [-0.3, -0.25) is 4.79 Å². The molecular formula is C14H17N3O2. The topological polar surface area (TPSA) is 66.6 Å². The van der Waals surface area contributed by atoms with Gasteiger partial charge in [-0.05, 0) is 25.0 Å². The van der Waals surface area contributed by atoms with Gasteiger partial charge in [0.1, 0.15) is 11.3 Å². The summed E-state index contributed by atoms with van der Waals surface area (Å²) in [5.74, 6) is -0.209. The second-order valence-corrected chi connectivity index (χ2v) is 5.19. The lowest BCUT2D eigenvalue weighted by atomic mass is 9.99. The van der Waals surface area contributed by atoms with Crippen LogP contribution in [0.25, 0.3) is 5.65 Å². The molecule has 2 aromatic heterocycles. The second-order valence-electron chi connectivity index (χ2n) is 5.19. The molecule has 0 bridgehead atoms. The van der Waals surface area contributed by atoms with E-state index in [0.29, 0.717) is 5.69 Å². The lowest BCUT2D eigenvalue weighted by molar-refractivity contribution is 0.0834. The molecule has 0 radical (unpaired) electrons. The van der Waals surface area contributed by atoms with Gasteiger partial charge in [0, 0.05) is 12.4 Å². The molecule has 0 unspecified atom stereocenters. The van der Waals surface area contributed by atoms with Crippen LogP contribution in [0.1, 0.15) is 36.2 Å². The lowest BCUT2D eigenvalue weighted by Gasteiger charge is -2.27. The fourth-order valence-electron chi connectivity index (χ4n) is 2.72. The second kappa shape index (κ2) is 4.66. The third-order valence-electron chi connectivity index (χ3n) is 3.84. The SMILES string of the molecule is O=C(NC1(CO)CCCC1)c1cn2ccccc2n1. The van der Waals surface area contributed by atoms with Crippen molar-refractivity contribution in [1.82, 2.24) is 14.7 Å². The van der Waals surface area contributed by atoms with Gasteiger partial charge in [0.05, 0.1) is 12.1 Å². The molecule has 5 heteroatoms. The summed E-state index contributed by atoms with van der Waals surface area (Å²) in [6, 6.07) is 5.63. The minimum Gasteiger partial charge on any atom is -0.394 e. The van der Waals surface area contributed by atoms with Crippen LogP contribution in [-0.4, -0.2) is 32.5 Å². The van der Waals surface area contributed by atoms with E-state index in [0.717, 1.165) is 31.3 Å². The summed E-state index contributed by atoms with van der Waals surface area (Å²) >= 11 is 0. The zero-order chi connectivity index (χ0) is 13.3. The standard InChI is InChI=1S/C14H17N3O2/c18-10-14(6-2-3-7-14)16-13(19)11-9-17-8-4-1-5-12(17)15-11/h1,4-5,8-9,18H,2-3,6-7,10H2,(H,16,19). The maximum Gasteiger partial charge on any atom is 0.272 e. The normalized spacial score (nSPS) is 17.7. The number of amides is 1. The molecule has 1 aliphatic carbocycles. The Morgan fingerprint density at radius 3 is 2.89 bits per heavy atom. The number of aliphatic hydroxyl groups excluding tert-OH is 1. The first-order chi connectivity index (χ1) is 9.22. The van der Waals surface area contributed by atoms with E-state index in [1.165, 1.54) is 0 Å². The van der Waals surface area contributed by atoms with Gasteiger partial charge in [-0.15, -0.1) is 0 Å². The fraction of sp³-hybridized carbons (Fsp3) is 0.429. The molecule has 1 aliphatic rings. The molecule has 3 rings (SSSR count). The predicted octanol–water partition coefficient (Wildman–Crippen LogP) is 1.37. The summed E-state index contributed by atoms with van der Waals surface area (Å²) in [5, 5.41) is 12.5. The monoisotopic (exact) mass is 259 g/mol. The van der Waals surface area contributed by atoms with Crippen LogP contribution in [-0.2, 0) is 0 Å². The van der Waals surface area contributed by atoms with E-state index in [1.807, 2.05) is 28.8 Å². The van der Waals surface area contributed by atoms with E-state index in [2.05, 4.69) is 10.3 Å². The van der Waals surface area contributed by atoms with E-state index < -0.39 is 5.54 Å². The molecule has 1 amide bonds. The molecule has 0 saturated heterocycles. The van der Waals surface area contributed by atoms with Crippen LogP contribution in [0.2, 0.25) is 0 Å². The molecule has 0 aromatic carbocycles. The quantitative estimate of drug-likeness (QED) is 0.875. The molecule has 1 saturated carbocycles. The first-order valence-electron chi connectivity index (χ1n) is 6.60. The van der Waals surface area contributed by atoms with Crippen molar-refractivity contribution in [3.05, 3.63) is 36.3 Å². The summed E-state index contributed by atoms with van der Waals surface area (Å²) < 4.78 is 1.81. The van der Waals surface area contributed by atoms with Crippen molar-refractivity contribution in [3.8, 4) is 0 Å². The van der Waals surface area contributed by atoms with Gasteiger partial charge >= 0.3 is 0 Å². The maximum absolute atomic E-state index is 12.2. The van der Waals surface area contributed by atoms with Gasteiger partial charge in [0.15, 0.2) is 0 Å². The molecule has 2 heterocycles. The number of nitrogens with zero attached hydrogens (tertiary/aromatic N) is 2. The zero-order valence-electron chi connectivity index (χ0n) is 10.7. The number of fused-ring (bicyclic) bond motifs is 1. The Balaban J connectivity index is 1.83. The van der Waals surface area contributed by atoms with Crippen LogP contribution in [0.3, 0.4) is 0 Å². The third-order valence-corrected chi connectivity index (χ3v) is 3.84. The number of aliphatic hydroxyl groups is 1. The minimum atomic E-state index is -0.452. The van der Waals surface area contributed by atoms with Crippen molar-refractivity contribution < 1.29 is 9.90 Å². The summed E-state index contributed by atoms with van der Waals surface area (Å²) in [7, 11) is 0. The van der Waals surface area contributed by atoms with Gasteiger partial charge in [-0.1, -0.05) is 18.9 Å². The Morgan fingerprint density at radius 2 is 2.21 bits per heavy atom.